The zero-order valence-electron chi connectivity index (χ0n) is 17.0. The molecule has 2 fully saturated rings. The van der Waals surface area contributed by atoms with Gasteiger partial charge in [-0.15, -0.1) is 24.0 Å². The minimum atomic E-state index is 0. The molecule has 0 aromatic heterocycles. The van der Waals surface area contributed by atoms with Gasteiger partial charge in [-0.2, -0.15) is 0 Å². The first-order valence-corrected chi connectivity index (χ1v) is 10.0. The van der Waals surface area contributed by atoms with E-state index in [0.717, 1.165) is 37.3 Å². The van der Waals surface area contributed by atoms with Gasteiger partial charge in [0.2, 0.25) is 0 Å². The second-order valence-corrected chi connectivity index (χ2v) is 7.53. The van der Waals surface area contributed by atoms with E-state index in [1.54, 1.807) is 7.11 Å². The van der Waals surface area contributed by atoms with Crippen LogP contribution in [0.1, 0.15) is 37.7 Å². The molecule has 1 aromatic carbocycles. The Kier molecular flexibility index (Phi) is 9.15. The molecule has 1 N–H and O–H groups in total. The zero-order valence-corrected chi connectivity index (χ0v) is 19.3. The monoisotopic (exact) mass is 486 g/mol. The van der Waals surface area contributed by atoms with E-state index in [1.807, 2.05) is 7.05 Å². The lowest BCUT2D eigenvalue weighted by molar-refractivity contribution is 0.183. The maximum absolute atomic E-state index is 5.27. The highest BCUT2D eigenvalue weighted by molar-refractivity contribution is 14.0. The number of rotatable bonds is 5. The van der Waals surface area contributed by atoms with E-state index in [2.05, 4.69) is 51.3 Å². The Morgan fingerprint density at radius 1 is 1.19 bits per heavy atom. The summed E-state index contributed by atoms with van der Waals surface area (Å²) < 4.78 is 5.27. The van der Waals surface area contributed by atoms with Gasteiger partial charge in [0.05, 0.1) is 7.11 Å². The van der Waals surface area contributed by atoms with Crippen molar-refractivity contribution >= 4 is 29.9 Å². The molecule has 152 valence electrons. The smallest absolute Gasteiger partial charge is 0.193 e. The summed E-state index contributed by atoms with van der Waals surface area (Å²) in [6.07, 6.45) is 3.83. The molecule has 0 amide bonds. The SMILES string of the molecule is CCN1CCCC(CNC(=NC)N2CCC(c3ccc(OC)cc3)C2)C1.I. The normalized spacial score (nSPS) is 23.8. The Hall–Kier alpha value is -1.02. The second kappa shape index (κ2) is 11.1. The lowest BCUT2D eigenvalue weighted by atomic mass is 9.98. The summed E-state index contributed by atoms with van der Waals surface area (Å²) >= 11 is 0. The standard InChI is InChI=1S/C21H34N4O.HI/c1-4-24-12-5-6-17(15-24)14-23-21(22-2)25-13-11-19(16-25)18-7-9-20(26-3)10-8-18;/h7-10,17,19H,4-6,11-16H2,1-3H3,(H,22,23);1H. The predicted octanol–water partition coefficient (Wildman–Crippen LogP) is 3.41. The molecule has 3 rings (SSSR count). The number of piperidine rings is 1. The molecule has 27 heavy (non-hydrogen) atoms. The molecule has 0 bridgehead atoms. The molecule has 0 saturated carbocycles. The highest BCUT2D eigenvalue weighted by Crippen LogP contribution is 2.28. The van der Waals surface area contributed by atoms with E-state index < -0.39 is 0 Å². The zero-order chi connectivity index (χ0) is 18.4. The fourth-order valence-corrected chi connectivity index (χ4v) is 4.27. The number of methoxy groups -OCH3 is 1. The number of likely N-dealkylation sites (tertiary alicyclic amines) is 2. The van der Waals surface area contributed by atoms with Crippen molar-refractivity contribution in [3.05, 3.63) is 29.8 Å². The lowest BCUT2D eigenvalue weighted by Gasteiger charge is -2.33. The summed E-state index contributed by atoms with van der Waals surface area (Å²) in [6, 6.07) is 8.52. The Morgan fingerprint density at radius 3 is 2.63 bits per heavy atom. The van der Waals surface area contributed by atoms with Crippen LogP contribution in [0, 0.1) is 5.92 Å². The first kappa shape index (κ1) is 22.3. The Morgan fingerprint density at radius 2 is 1.96 bits per heavy atom. The summed E-state index contributed by atoms with van der Waals surface area (Å²) in [7, 11) is 3.62. The molecule has 2 aliphatic heterocycles. The van der Waals surface area contributed by atoms with Crippen molar-refractivity contribution in [2.45, 2.75) is 32.1 Å². The van der Waals surface area contributed by atoms with Gasteiger partial charge in [0.1, 0.15) is 5.75 Å². The second-order valence-electron chi connectivity index (χ2n) is 7.53. The van der Waals surface area contributed by atoms with Gasteiger partial charge in [0.15, 0.2) is 5.96 Å². The molecule has 2 atom stereocenters. The molecule has 0 spiro atoms. The third-order valence-corrected chi connectivity index (χ3v) is 5.89. The maximum atomic E-state index is 5.27. The highest BCUT2D eigenvalue weighted by atomic mass is 127. The van der Waals surface area contributed by atoms with E-state index in [-0.39, 0.29) is 24.0 Å². The van der Waals surface area contributed by atoms with Gasteiger partial charge in [-0.25, -0.2) is 0 Å². The average Bonchev–Trinajstić information content (AvgIpc) is 3.19. The van der Waals surface area contributed by atoms with Gasteiger partial charge in [0.25, 0.3) is 0 Å². The molecule has 1 aromatic rings. The fraction of sp³-hybridized carbons (Fsp3) is 0.667. The van der Waals surface area contributed by atoms with Crippen molar-refractivity contribution in [1.29, 1.82) is 0 Å². The van der Waals surface area contributed by atoms with E-state index in [1.165, 1.54) is 44.5 Å². The third kappa shape index (κ3) is 5.98. The van der Waals surface area contributed by atoms with Gasteiger partial charge in [-0.05, 0) is 56.0 Å². The molecule has 2 saturated heterocycles. The van der Waals surface area contributed by atoms with Crippen LogP contribution in [-0.4, -0.2) is 69.2 Å². The van der Waals surface area contributed by atoms with Crippen molar-refractivity contribution in [2.24, 2.45) is 10.9 Å². The summed E-state index contributed by atoms with van der Waals surface area (Å²) in [6.45, 7) is 9.05. The van der Waals surface area contributed by atoms with Gasteiger partial charge in [0, 0.05) is 39.1 Å². The van der Waals surface area contributed by atoms with Crippen LogP contribution in [0.3, 0.4) is 0 Å². The van der Waals surface area contributed by atoms with Gasteiger partial charge in [-0.3, -0.25) is 4.99 Å². The van der Waals surface area contributed by atoms with Crippen LogP contribution in [0.5, 0.6) is 5.75 Å². The number of ether oxygens (including phenoxy) is 1. The minimum Gasteiger partial charge on any atom is -0.497 e. The largest absolute Gasteiger partial charge is 0.497 e. The van der Waals surface area contributed by atoms with Gasteiger partial charge >= 0.3 is 0 Å². The Labute approximate surface area is 181 Å². The molecule has 0 aliphatic carbocycles. The van der Waals surface area contributed by atoms with E-state index >= 15 is 0 Å². The summed E-state index contributed by atoms with van der Waals surface area (Å²) in [4.78, 5) is 9.52. The molecular weight excluding hydrogens is 451 g/mol. The van der Waals surface area contributed by atoms with Crippen LogP contribution in [0.2, 0.25) is 0 Å². The minimum absolute atomic E-state index is 0. The number of halogens is 1. The number of nitrogens with zero attached hydrogens (tertiary/aromatic N) is 3. The van der Waals surface area contributed by atoms with E-state index in [4.69, 9.17) is 4.74 Å². The number of hydrogen-bond donors (Lipinski definition) is 1. The van der Waals surface area contributed by atoms with Crippen LogP contribution < -0.4 is 10.1 Å². The average molecular weight is 486 g/mol. The van der Waals surface area contributed by atoms with Crippen molar-refractivity contribution in [2.75, 3.05) is 53.4 Å². The fourth-order valence-electron chi connectivity index (χ4n) is 4.27. The predicted molar refractivity (Wildman–Crippen MR) is 124 cm³/mol. The molecule has 2 aliphatic rings. The topological polar surface area (TPSA) is 40.1 Å². The number of hydrogen-bond acceptors (Lipinski definition) is 3. The Balaban J connectivity index is 0.00000261. The third-order valence-electron chi connectivity index (χ3n) is 5.89. The maximum Gasteiger partial charge on any atom is 0.193 e. The first-order chi connectivity index (χ1) is 12.7. The van der Waals surface area contributed by atoms with Crippen LogP contribution in [0.25, 0.3) is 0 Å². The molecule has 5 nitrogen and oxygen atoms in total. The highest BCUT2D eigenvalue weighted by Gasteiger charge is 2.27. The number of guanidine groups is 1. The number of nitrogens with one attached hydrogen (secondary N) is 1. The van der Waals surface area contributed by atoms with Crippen molar-refractivity contribution in [1.82, 2.24) is 15.1 Å². The van der Waals surface area contributed by atoms with Crippen molar-refractivity contribution in [3.8, 4) is 5.75 Å². The van der Waals surface area contributed by atoms with Crippen molar-refractivity contribution < 1.29 is 4.74 Å². The molecule has 0 radical (unpaired) electrons. The molecule has 2 unspecified atom stereocenters. The summed E-state index contributed by atoms with van der Waals surface area (Å²) in [5.41, 5.74) is 1.40. The van der Waals surface area contributed by atoms with Crippen molar-refractivity contribution in [3.63, 3.8) is 0 Å². The van der Waals surface area contributed by atoms with Crippen LogP contribution >= 0.6 is 24.0 Å². The quantitative estimate of drug-likeness (QED) is 0.394. The summed E-state index contributed by atoms with van der Waals surface area (Å²) in [5, 5.41) is 3.65. The van der Waals surface area contributed by atoms with Gasteiger partial charge in [-0.1, -0.05) is 19.1 Å². The molecule has 6 heteroatoms. The summed E-state index contributed by atoms with van der Waals surface area (Å²) in [5.74, 6) is 3.30. The number of benzene rings is 1. The first-order valence-electron chi connectivity index (χ1n) is 10.0. The van der Waals surface area contributed by atoms with E-state index in [9.17, 15) is 0 Å². The van der Waals surface area contributed by atoms with Crippen LogP contribution in [0.4, 0.5) is 0 Å². The van der Waals surface area contributed by atoms with Crippen LogP contribution in [-0.2, 0) is 0 Å². The molecule has 2 heterocycles. The van der Waals surface area contributed by atoms with Gasteiger partial charge < -0.3 is 19.9 Å². The van der Waals surface area contributed by atoms with E-state index in [0.29, 0.717) is 5.92 Å². The number of aliphatic imine (C=N–C) groups is 1. The van der Waals surface area contributed by atoms with Crippen LogP contribution in [0.15, 0.2) is 29.3 Å². The Bertz CT molecular complexity index is 592. The lowest BCUT2D eigenvalue weighted by Crippen LogP contribution is -2.45. The molecular formula is C21H35IN4O.